The Morgan fingerprint density at radius 3 is 2.73 bits per heavy atom. The molecule has 0 aliphatic carbocycles. The SMILES string of the molecule is O=c1cc(-c2c[nH]c3ccccc23)oc2cc(Br)cc(Br)c12. The quantitative estimate of drug-likeness (QED) is 0.445. The highest BCUT2D eigenvalue weighted by Crippen LogP contribution is 2.32. The molecule has 22 heavy (non-hydrogen) atoms. The molecule has 5 heteroatoms. The molecule has 0 unspecified atom stereocenters. The van der Waals surface area contributed by atoms with Crippen molar-refractivity contribution in [2.24, 2.45) is 0 Å². The molecule has 0 atom stereocenters. The summed E-state index contributed by atoms with van der Waals surface area (Å²) in [4.78, 5) is 15.6. The van der Waals surface area contributed by atoms with E-state index in [2.05, 4.69) is 36.8 Å². The van der Waals surface area contributed by atoms with E-state index in [9.17, 15) is 4.79 Å². The second-order valence-corrected chi connectivity index (χ2v) is 6.75. The van der Waals surface area contributed by atoms with Crippen molar-refractivity contribution in [1.82, 2.24) is 4.98 Å². The largest absolute Gasteiger partial charge is 0.456 e. The highest BCUT2D eigenvalue weighted by atomic mass is 79.9. The van der Waals surface area contributed by atoms with Crippen LogP contribution >= 0.6 is 31.9 Å². The maximum absolute atomic E-state index is 12.4. The van der Waals surface area contributed by atoms with Crippen LogP contribution in [-0.2, 0) is 0 Å². The fraction of sp³-hybridized carbons (Fsp3) is 0. The van der Waals surface area contributed by atoms with Gasteiger partial charge in [-0.25, -0.2) is 0 Å². The average Bonchev–Trinajstić information content (AvgIpc) is 2.89. The molecule has 3 nitrogen and oxygen atoms in total. The van der Waals surface area contributed by atoms with Gasteiger partial charge in [0.2, 0.25) is 0 Å². The number of hydrogen-bond acceptors (Lipinski definition) is 2. The van der Waals surface area contributed by atoms with E-state index in [0.717, 1.165) is 25.4 Å². The summed E-state index contributed by atoms with van der Waals surface area (Å²) in [5.41, 5.74) is 2.37. The monoisotopic (exact) mass is 417 g/mol. The van der Waals surface area contributed by atoms with E-state index in [1.165, 1.54) is 6.07 Å². The van der Waals surface area contributed by atoms with Gasteiger partial charge in [0.05, 0.1) is 5.39 Å². The van der Waals surface area contributed by atoms with Gasteiger partial charge in [0.15, 0.2) is 5.43 Å². The third kappa shape index (κ3) is 2.12. The molecule has 0 fully saturated rings. The van der Waals surface area contributed by atoms with Gasteiger partial charge >= 0.3 is 0 Å². The van der Waals surface area contributed by atoms with Crippen LogP contribution in [0, 0.1) is 0 Å². The van der Waals surface area contributed by atoms with E-state index < -0.39 is 0 Å². The van der Waals surface area contributed by atoms with Crippen molar-refractivity contribution >= 4 is 53.7 Å². The van der Waals surface area contributed by atoms with Gasteiger partial charge in [0, 0.05) is 37.7 Å². The lowest BCUT2D eigenvalue weighted by Crippen LogP contribution is -2.01. The molecule has 0 saturated carbocycles. The summed E-state index contributed by atoms with van der Waals surface area (Å²) in [5, 5.41) is 1.57. The number of fused-ring (bicyclic) bond motifs is 2. The fourth-order valence-corrected chi connectivity index (χ4v) is 4.00. The van der Waals surface area contributed by atoms with Gasteiger partial charge in [-0.15, -0.1) is 0 Å². The third-order valence-corrected chi connectivity index (χ3v) is 4.69. The molecule has 2 heterocycles. The first-order valence-electron chi connectivity index (χ1n) is 6.63. The summed E-state index contributed by atoms with van der Waals surface area (Å²) in [5.74, 6) is 0.556. The minimum Gasteiger partial charge on any atom is -0.456 e. The Labute approximate surface area is 142 Å². The highest BCUT2D eigenvalue weighted by molar-refractivity contribution is 9.11. The molecule has 2 aromatic heterocycles. The fourth-order valence-electron chi connectivity index (χ4n) is 2.62. The van der Waals surface area contributed by atoms with Crippen molar-refractivity contribution in [1.29, 1.82) is 0 Å². The Balaban J connectivity index is 2.06. The van der Waals surface area contributed by atoms with E-state index in [-0.39, 0.29) is 5.43 Å². The zero-order valence-electron chi connectivity index (χ0n) is 11.2. The maximum atomic E-state index is 12.4. The molecule has 2 aromatic carbocycles. The molecule has 108 valence electrons. The van der Waals surface area contributed by atoms with E-state index >= 15 is 0 Å². The van der Waals surface area contributed by atoms with Crippen LogP contribution < -0.4 is 5.43 Å². The van der Waals surface area contributed by atoms with E-state index in [1.54, 1.807) is 6.07 Å². The number of hydrogen-bond donors (Lipinski definition) is 1. The van der Waals surface area contributed by atoms with Gasteiger partial charge in [-0.05, 0) is 34.1 Å². The summed E-state index contributed by atoms with van der Waals surface area (Å²) >= 11 is 6.84. The van der Waals surface area contributed by atoms with Crippen LogP contribution in [0.1, 0.15) is 0 Å². The molecular weight excluding hydrogens is 410 g/mol. The Morgan fingerprint density at radius 1 is 1.05 bits per heavy atom. The first-order chi connectivity index (χ1) is 10.6. The third-order valence-electron chi connectivity index (χ3n) is 3.60. The zero-order chi connectivity index (χ0) is 15.3. The number of nitrogens with one attached hydrogen (secondary N) is 1. The molecular formula is C17H9Br2NO2. The van der Waals surface area contributed by atoms with Crippen molar-refractivity contribution in [2.45, 2.75) is 0 Å². The topological polar surface area (TPSA) is 46.0 Å². The predicted octanol–water partition coefficient (Wildman–Crippen LogP) is 5.47. The zero-order valence-corrected chi connectivity index (χ0v) is 14.4. The Bertz CT molecular complexity index is 1080. The summed E-state index contributed by atoms with van der Waals surface area (Å²) in [6, 6.07) is 13.1. The van der Waals surface area contributed by atoms with Gasteiger partial charge in [-0.1, -0.05) is 34.1 Å². The highest BCUT2D eigenvalue weighted by Gasteiger charge is 2.13. The van der Waals surface area contributed by atoms with Crippen LogP contribution in [0.3, 0.4) is 0 Å². The van der Waals surface area contributed by atoms with Gasteiger partial charge in [-0.2, -0.15) is 0 Å². The number of benzene rings is 2. The predicted molar refractivity (Wildman–Crippen MR) is 95.2 cm³/mol. The number of H-pyrrole nitrogens is 1. The molecule has 0 aliphatic heterocycles. The van der Waals surface area contributed by atoms with Gasteiger partial charge < -0.3 is 9.40 Å². The lowest BCUT2D eigenvalue weighted by Gasteiger charge is -2.04. The van der Waals surface area contributed by atoms with Gasteiger partial charge in [0.1, 0.15) is 11.3 Å². The lowest BCUT2D eigenvalue weighted by atomic mass is 10.1. The van der Waals surface area contributed by atoms with Gasteiger partial charge in [-0.3, -0.25) is 4.79 Å². The Hall–Kier alpha value is -1.85. The van der Waals surface area contributed by atoms with Crippen molar-refractivity contribution < 1.29 is 4.42 Å². The smallest absolute Gasteiger partial charge is 0.194 e. The molecule has 0 spiro atoms. The average molecular weight is 419 g/mol. The van der Waals surface area contributed by atoms with Crippen molar-refractivity contribution in [2.75, 3.05) is 0 Å². The van der Waals surface area contributed by atoms with Crippen LogP contribution in [0.15, 0.2) is 66.8 Å². The number of halogens is 2. The van der Waals surface area contributed by atoms with E-state index in [4.69, 9.17) is 4.42 Å². The van der Waals surface area contributed by atoms with Crippen LogP contribution in [0.5, 0.6) is 0 Å². The second-order valence-electron chi connectivity index (χ2n) is 4.98. The summed E-state index contributed by atoms with van der Waals surface area (Å²) in [7, 11) is 0. The first kappa shape index (κ1) is 13.8. The molecule has 0 radical (unpaired) electrons. The van der Waals surface area contributed by atoms with Crippen LogP contribution in [0.4, 0.5) is 0 Å². The number of aromatic amines is 1. The standard InChI is InChI=1S/C17H9Br2NO2/c18-9-5-12(19)17-14(21)7-15(22-16(17)6-9)11-8-20-13-4-2-1-3-10(11)13/h1-8,20H. The molecule has 4 rings (SSSR count). The number of para-hydroxylation sites is 1. The van der Waals surface area contributed by atoms with E-state index in [0.29, 0.717) is 16.7 Å². The second kappa shape index (κ2) is 5.11. The van der Waals surface area contributed by atoms with Crippen molar-refractivity contribution in [3.05, 3.63) is 67.8 Å². The van der Waals surface area contributed by atoms with Crippen LogP contribution in [-0.4, -0.2) is 4.98 Å². The molecule has 0 amide bonds. The van der Waals surface area contributed by atoms with Crippen molar-refractivity contribution in [3.8, 4) is 11.3 Å². The molecule has 0 bridgehead atoms. The molecule has 4 aromatic rings. The number of aromatic nitrogens is 1. The lowest BCUT2D eigenvalue weighted by molar-refractivity contribution is 0.619. The summed E-state index contributed by atoms with van der Waals surface area (Å²) in [6.07, 6.45) is 1.86. The molecule has 0 saturated heterocycles. The van der Waals surface area contributed by atoms with Crippen LogP contribution in [0.25, 0.3) is 33.2 Å². The summed E-state index contributed by atoms with van der Waals surface area (Å²) < 4.78 is 7.55. The maximum Gasteiger partial charge on any atom is 0.194 e. The number of rotatable bonds is 1. The normalized spacial score (nSPS) is 11.4. The van der Waals surface area contributed by atoms with Crippen molar-refractivity contribution in [3.63, 3.8) is 0 Å². The van der Waals surface area contributed by atoms with Crippen LogP contribution in [0.2, 0.25) is 0 Å². The first-order valence-corrected chi connectivity index (χ1v) is 8.21. The Morgan fingerprint density at radius 2 is 1.86 bits per heavy atom. The summed E-state index contributed by atoms with van der Waals surface area (Å²) in [6.45, 7) is 0. The van der Waals surface area contributed by atoms with Gasteiger partial charge in [0.25, 0.3) is 0 Å². The molecule has 0 aliphatic rings. The minimum atomic E-state index is -0.0686. The van der Waals surface area contributed by atoms with E-state index in [1.807, 2.05) is 36.5 Å². The Kier molecular flexibility index (Phi) is 3.20. The molecule has 1 N–H and O–H groups in total. The minimum absolute atomic E-state index is 0.0686.